The monoisotopic (exact) mass is 293 g/mol. The molecule has 116 valence electrons. The van der Waals surface area contributed by atoms with Crippen LogP contribution in [-0.2, 0) is 14.3 Å². The summed E-state index contributed by atoms with van der Waals surface area (Å²) < 4.78 is 4.73. The molecule has 1 rings (SSSR count). The zero-order valence-corrected chi connectivity index (χ0v) is 12.5. The van der Waals surface area contributed by atoms with Crippen LogP contribution in [0.25, 0.3) is 0 Å². The quantitative estimate of drug-likeness (QED) is 0.678. The summed E-state index contributed by atoms with van der Waals surface area (Å²) in [6.45, 7) is 2.53. The Morgan fingerprint density at radius 1 is 1.14 bits per heavy atom. The lowest BCUT2D eigenvalue weighted by Gasteiger charge is -2.12. The molecule has 0 aliphatic heterocycles. The molecular formula is C15H23N3O3. The minimum Gasteiger partial charge on any atom is -0.375 e. The number of benzene rings is 1. The molecule has 0 aromatic heterocycles. The lowest BCUT2D eigenvalue weighted by atomic mass is 10.0. The van der Waals surface area contributed by atoms with Gasteiger partial charge in [0.2, 0.25) is 11.8 Å². The van der Waals surface area contributed by atoms with Crippen molar-refractivity contribution < 1.29 is 14.3 Å². The van der Waals surface area contributed by atoms with E-state index in [1.807, 2.05) is 6.92 Å². The molecule has 0 aliphatic rings. The van der Waals surface area contributed by atoms with Crippen LogP contribution >= 0.6 is 0 Å². The normalized spacial score (nSPS) is 11.8. The van der Waals surface area contributed by atoms with Crippen LogP contribution in [0.15, 0.2) is 24.3 Å². The number of carbonyl (C=O) groups excluding carboxylic acids is 2. The molecule has 4 N–H and O–H groups in total. The maximum atomic E-state index is 11.8. The van der Waals surface area contributed by atoms with Gasteiger partial charge < -0.3 is 21.1 Å². The average molecular weight is 293 g/mol. The summed E-state index contributed by atoms with van der Waals surface area (Å²) in [5.74, 6) is -0.0657. The highest BCUT2D eigenvalue weighted by atomic mass is 16.5. The number of carbonyl (C=O) groups is 2. The fourth-order valence-corrected chi connectivity index (χ4v) is 1.83. The molecule has 1 atom stereocenters. The standard InChI is InChI=1S/C15H23N3O3/c1-3-11(9-16)8-14(19)17-12-4-6-13(7-5-12)18-15(20)10-21-2/h4-7,11H,3,8-10,16H2,1-2H3,(H,17,19)(H,18,20). The minimum absolute atomic E-state index is 0.00990. The Labute approximate surface area is 125 Å². The van der Waals surface area contributed by atoms with Crippen molar-refractivity contribution in [3.05, 3.63) is 24.3 Å². The Morgan fingerprint density at radius 3 is 2.10 bits per heavy atom. The summed E-state index contributed by atoms with van der Waals surface area (Å²) >= 11 is 0. The Balaban J connectivity index is 2.50. The van der Waals surface area contributed by atoms with E-state index in [9.17, 15) is 9.59 Å². The second kappa shape index (κ2) is 9.10. The largest absolute Gasteiger partial charge is 0.375 e. The van der Waals surface area contributed by atoms with Crippen molar-refractivity contribution in [2.24, 2.45) is 11.7 Å². The molecule has 0 saturated carbocycles. The van der Waals surface area contributed by atoms with Crippen molar-refractivity contribution in [2.75, 3.05) is 30.9 Å². The smallest absolute Gasteiger partial charge is 0.250 e. The highest BCUT2D eigenvalue weighted by Gasteiger charge is 2.10. The first-order valence-corrected chi connectivity index (χ1v) is 6.97. The van der Waals surface area contributed by atoms with Gasteiger partial charge in [0.05, 0.1) is 0 Å². The molecule has 0 bridgehead atoms. The maximum Gasteiger partial charge on any atom is 0.250 e. The molecule has 2 amide bonds. The number of hydrogen-bond acceptors (Lipinski definition) is 4. The third kappa shape index (κ3) is 6.37. The predicted octanol–water partition coefficient (Wildman–Crippen LogP) is 1.58. The number of nitrogens with two attached hydrogens (primary N) is 1. The molecule has 0 heterocycles. The van der Waals surface area contributed by atoms with Gasteiger partial charge in [-0.25, -0.2) is 0 Å². The van der Waals surface area contributed by atoms with Crippen LogP contribution in [0.1, 0.15) is 19.8 Å². The first-order valence-electron chi connectivity index (χ1n) is 6.97. The van der Waals surface area contributed by atoms with E-state index >= 15 is 0 Å². The van der Waals surface area contributed by atoms with Crippen LogP contribution in [0.2, 0.25) is 0 Å². The van der Waals surface area contributed by atoms with Crippen molar-refractivity contribution >= 4 is 23.2 Å². The van der Waals surface area contributed by atoms with Crippen LogP contribution in [0.5, 0.6) is 0 Å². The number of ether oxygens (including phenoxy) is 1. The van der Waals surface area contributed by atoms with E-state index in [4.69, 9.17) is 10.5 Å². The maximum absolute atomic E-state index is 11.8. The first-order chi connectivity index (χ1) is 10.1. The van der Waals surface area contributed by atoms with Crippen LogP contribution in [0.4, 0.5) is 11.4 Å². The van der Waals surface area contributed by atoms with Gasteiger partial charge in [0, 0.05) is 24.9 Å². The van der Waals surface area contributed by atoms with Gasteiger partial charge in [-0.2, -0.15) is 0 Å². The zero-order valence-electron chi connectivity index (χ0n) is 12.5. The third-order valence-electron chi connectivity index (χ3n) is 3.11. The first kappa shape index (κ1) is 17.1. The second-order valence-electron chi connectivity index (χ2n) is 4.82. The fourth-order valence-electron chi connectivity index (χ4n) is 1.83. The second-order valence-corrected chi connectivity index (χ2v) is 4.82. The minimum atomic E-state index is -0.219. The Morgan fingerprint density at radius 2 is 1.67 bits per heavy atom. The molecule has 0 fully saturated rings. The lowest BCUT2D eigenvalue weighted by Crippen LogP contribution is -2.21. The number of amides is 2. The molecule has 1 unspecified atom stereocenters. The lowest BCUT2D eigenvalue weighted by molar-refractivity contribution is -0.119. The van der Waals surface area contributed by atoms with Crippen LogP contribution in [-0.4, -0.2) is 32.1 Å². The van der Waals surface area contributed by atoms with Gasteiger partial charge in [-0.05, 0) is 36.7 Å². The van der Waals surface area contributed by atoms with E-state index in [-0.39, 0.29) is 24.3 Å². The predicted molar refractivity (Wildman–Crippen MR) is 83.0 cm³/mol. The van der Waals surface area contributed by atoms with Crippen LogP contribution in [0.3, 0.4) is 0 Å². The topological polar surface area (TPSA) is 93.5 Å². The summed E-state index contributed by atoms with van der Waals surface area (Å²) in [4.78, 5) is 23.2. The molecule has 0 aliphatic carbocycles. The van der Waals surface area contributed by atoms with E-state index in [1.54, 1.807) is 24.3 Å². The van der Waals surface area contributed by atoms with Crippen molar-refractivity contribution in [1.29, 1.82) is 0 Å². The van der Waals surface area contributed by atoms with E-state index in [2.05, 4.69) is 10.6 Å². The molecule has 1 aromatic rings. The molecule has 21 heavy (non-hydrogen) atoms. The third-order valence-corrected chi connectivity index (χ3v) is 3.11. The molecule has 0 spiro atoms. The summed E-state index contributed by atoms with van der Waals surface area (Å²) in [5.41, 5.74) is 6.93. The molecule has 6 nitrogen and oxygen atoms in total. The van der Waals surface area contributed by atoms with Crippen LogP contribution < -0.4 is 16.4 Å². The molecule has 6 heteroatoms. The van der Waals surface area contributed by atoms with Crippen molar-refractivity contribution in [3.8, 4) is 0 Å². The highest BCUT2D eigenvalue weighted by molar-refractivity contribution is 5.93. The number of anilines is 2. The summed E-state index contributed by atoms with van der Waals surface area (Å²) in [6, 6.07) is 6.93. The van der Waals surface area contributed by atoms with E-state index in [0.717, 1.165) is 6.42 Å². The van der Waals surface area contributed by atoms with E-state index in [0.29, 0.717) is 24.3 Å². The number of rotatable bonds is 8. The van der Waals surface area contributed by atoms with Crippen LogP contribution in [0, 0.1) is 5.92 Å². The van der Waals surface area contributed by atoms with E-state index in [1.165, 1.54) is 7.11 Å². The van der Waals surface area contributed by atoms with Gasteiger partial charge in [0.15, 0.2) is 0 Å². The summed E-state index contributed by atoms with van der Waals surface area (Å²) in [7, 11) is 1.46. The van der Waals surface area contributed by atoms with Crippen molar-refractivity contribution in [2.45, 2.75) is 19.8 Å². The molecule has 0 radical (unpaired) electrons. The van der Waals surface area contributed by atoms with Gasteiger partial charge in [0.1, 0.15) is 6.61 Å². The SMILES string of the molecule is CCC(CN)CC(=O)Nc1ccc(NC(=O)COC)cc1. The van der Waals surface area contributed by atoms with E-state index < -0.39 is 0 Å². The van der Waals surface area contributed by atoms with Gasteiger partial charge in [0.25, 0.3) is 0 Å². The number of hydrogen-bond donors (Lipinski definition) is 3. The fraction of sp³-hybridized carbons (Fsp3) is 0.467. The summed E-state index contributed by atoms with van der Waals surface area (Å²) in [6.07, 6.45) is 1.30. The Bertz CT molecular complexity index is 456. The highest BCUT2D eigenvalue weighted by Crippen LogP contribution is 2.15. The average Bonchev–Trinajstić information content (AvgIpc) is 2.47. The number of methoxy groups -OCH3 is 1. The van der Waals surface area contributed by atoms with Crippen molar-refractivity contribution in [1.82, 2.24) is 0 Å². The van der Waals surface area contributed by atoms with Gasteiger partial charge in [-0.1, -0.05) is 13.3 Å². The van der Waals surface area contributed by atoms with Crippen molar-refractivity contribution in [3.63, 3.8) is 0 Å². The van der Waals surface area contributed by atoms with Gasteiger partial charge >= 0.3 is 0 Å². The molecule has 0 saturated heterocycles. The Kier molecular flexibility index (Phi) is 7.42. The zero-order chi connectivity index (χ0) is 15.7. The summed E-state index contributed by atoms with van der Waals surface area (Å²) in [5, 5.41) is 5.50. The number of nitrogens with one attached hydrogen (secondary N) is 2. The Hall–Kier alpha value is -1.92. The van der Waals surface area contributed by atoms with Gasteiger partial charge in [-0.15, -0.1) is 0 Å². The molecule has 1 aromatic carbocycles. The van der Waals surface area contributed by atoms with Gasteiger partial charge in [-0.3, -0.25) is 9.59 Å². The molecular weight excluding hydrogens is 270 g/mol.